The maximum absolute atomic E-state index is 6.05. The predicted molar refractivity (Wildman–Crippen MR) is 107 cm³/mol. The van der Waals surface area contributed by atoms with E-state index >= 15 is 0 Å². The molecule has 2 aliphatic rings. The van der Waals surface area contributed by atoms with Gasteiger partial charge in [0.2, 0.25) is 0 Å². The van der Waals surface area contributed by atoms with E-state index in [4.69, 9.17) is 14.2 Å². The van der Waals surface area contributed by atoms with Crippen LogP contribution in [0.3, 0.4) is 0 Å². The number of morpholine rings is 1. The molecule has 0 amide bonds. The number of nitrogens with zero attached hydrogens (tertiary/aromatic N) is 2. The van der Waals surface area contributed by atoms with E-state index in [0.29, 0.717) is 12.2 Å². The average molecular weight is 371 g/mol. The summed E-state index contributed by atoms with van der Waals surface area (Å²) in [5.41, 5.74) is 0. The van der Waals surface area contributed by atoms with Crippen LogP contribution in [-0.4, -0.2) is 87.2 Å². The highest BCUT2D eigenvalue weighted by atomic mass is 16.5. The maximum atomic E-state index is 6.05. The standard InChI is InChI=1S/C21H42N2O3/c1-19(2)24-14-8-12-23-13-16-26-21(18-23)17-20(3)25-15-7-11-22-9-5-4-6-10-22/h19-21H,4-18H2,1-3H3. The number of ether oxygens (including phenoxy) is 3. The first-order chi connectivity index (χ1) is 12.6. The minimum absolute atomic E-state index is 0.283. The van der Waals surface area contributed by atoms with Crippen LogP contribution in [0.1, 0.15) is 59.3 Å². The molecule has 0 spiro atoms. The lowest BCUT2D eigenvalue weighted by molar-refractivity contribution is -0.0612. The molecule has 26 heavy (non-hydrogen) atoms. The highest BCUT2D eigenvalue weighted by Gasteiger charge is 2.22. The Morgan fingerprint density at radius 2 is 1.58 bits per heavy atom. The summed E-state index contributed by atoms with van der Waals surface area (Å²) in [7, 11) is 0. The molecule has 2 aliphatic heterocycles. The number of hydrogen-bond donors (Lipinski definition) is 0. The van der Waals surface area contributed by atoms with Crippen molar-refractivity contribution in [2.45, 2.75) is 77.6 Å². The Balaban J connectivity index is 1.51. The van der Waals surface area contributed by atoms with E-state index < -0.39 is 0 Å². The monoisotopic (exact) mass is 370 g/mol. The average Bonchev–Trinajstić information content (AvgIpc) is 2.63. The van der Waals surface area contributed by atoms with Crippen LogP contribution in [-0.2, 0) is 14.2 Å². The third-order valence-electron chi connectivity index (χ3n) is 5.36. The Morgan fingerprint density at radius 1 is 0.885 bits per heavy atom. The summed E-state index contributed by atoms with van der Waals surface area (Å²) in [6.45, 7) is 15.9. The molecule has 2 saturated heterocycles. The smallest absolute Gasteiger partial charge is 0.0727 e. The van der Waals surface area contributed by atoms with Gasteiger partial charge >= 0.3 is 0 Å². The first-order valence-corrected chi connectivity index (χ1v) is 10.9. The highest BCUT2D eigenvalue weighted by Crippen LogP contribution is 2.14. The van der Waals surface area contributed by atoms with E-state index in [2.05, 4.69) is 30.6 Å². The summed E-state index contributed by atoms with van der Waals surface area (Å²) in [4.78, 5) is 5.10. The maximum Gasteiger partial charge on any atom is 0.0727 e. The Hall–Kier alpha value is -0.200. The molecule has 5 heteroatoms. The summed E-state index contributed by atoms with van der Waals surface area (Å²) in [5, 5.41) is 0. The van der Waals surface area contributed by atoms with Crippen molar-refractivity contribution in [2.24, 2.45) is 0 Å². The van der Waals surface area contributed by atoms with Crippen molar-refractivity contribution in [1.82, 2.24) is 9.80 Å². The zero-order chi connectivity index (χ0) is 18.6. The molecule has 2 heterocycles. The van der Waals surface area contributed by atoms with Gasteiger partial charge in [0, 0.05) is 45.8 Å². The largest absolute Gasteiger partial charge is 0.379 e. The second kappa shape index (κ2) is 13.1. The third kappa shape index (κ3) is 9.65. The minimum Gasteiger partial charge on any atom is -0.379 e. The molecule has 0 bridgehead atoms. The molecular weight excluding hydrogens is 328 g/mol. The van der Waals surface area contributed by atoms with Gasteiger partial charge in [-0.15, -0.1) is 0 Å². The molecule has 2 unspecified atom stereocenters. The van der Waals surface area contributed by atoms with Crippen molar-refractivity contribution in [3.8, 4) is 0 Å². The van der Waals surface area contributed by atoms with Gasteiger partial charge in [-0.2, -0.15) is 0 Å². The van der Waals surface area contributed by atoms with Crippen LogP contribution in [0.4, 0.5) is 0 Å². The summed E-state index contributed by atoms with van der Waals surface area (Å²) < 4.78 is 17.7. The normalized spacial score (nSPS) is 24.2. The number of likely N-dealkylation sites (tertiary alicyclic amines) is 1. The number of hydrogen-bond acceptors (Lipinski definition) is 5. The predicted octanol–water partition coefficient (Wildman–Crippen LogP) is 3.17. The van der Waals surface area contributed by atoms with Gasteiger partial charge in [0.15, 0.2) is 0 Å². The Kier molecular flexibility index (Phi) is 11.1. The molecule has 0 aromatic carbocycles. The third-order valence-corrected chi connectivity index (χ3v) is 5.36. The van der Waals surface area contributed by atoms with E-state index in [0.717, 1.165) is 58.7 Å². The van der Waals surface area contributed by atoms with Crippen LogP contribution < -0.4 is 0 Å². The molecule has 0 N–H and O–H groups in total. The van der Waals surface area contributed by atoms with E-state index in [1.54, 1.807) is 0 Å². The van der Waals surface area contributed by atoms with Gasteiger partial charge in [0.25, 0.3) is 0 Å². The fraction of sp³-hybridized carbons (Fsp3) is 1.00. The minimum atomic E-state index is 0.283. The molecule has 0 aliphatic carbocycles. The quantitative estimate of drug-likeness (QED) is 0.493. The van der Waals surface area contributed by atoms with Gasteiger partial charge < -0.3 is 19.1 Å². The van der Waals surface area contributed by atoms with Crippen molar-refractivity contribution in [3.63, 3.8) is 0 Å². The van der Waals surface area contributed by atoms with Crippen LogP contribution in [0.15, 0.2) is 0 Å². The molecule has 2 fully saturated rings. The molecule has 0 radical (unpaired) electrons. The zero-order valence-electron chi connectivity index (χ0n) is 17.5. The Bertz CT molecular complexity index is 348. The second-order valence-corrected chi connectivity index (χ2v) is 8.24. The topological polar surface area (TPSA) is 34.2 Å². The first kappa shape index (κ1) is 22.1. The van der Waals surface area contributed by atoms with Gasteiger partial charge in [-0.1, -0.05) is 6.42 Å². The summed E-state index contributed by atoms with van der Waals surface area (Å²) in [5.74, 6) is 0. The summed E-state index contributed by atoms with van der Waals surface area (Å²) in [6.07, 6.45) is 8.34. The highest BCUT2D eigenvalue weighted by molar-refractivity contribution is 4.74. The van der Waals surface area contributed by atoms with E-state index in [-0.39, 0.29) is 6.10 Å². The van der Waals surface area contributed by atoms with Crippen molar-refractivity contribution >= 4 is 0 Å². The SMILES string of the molecule is CC(C)OCCCN1CCOC(CC(C)OCCCN2CCCCC2)C1. The van der Waals surface area contributed by atoms with Gasteiger partial charge in [-0.05, 0) is 59.5 Å². The van der Waals surface area contributed by atoms with Gasteiger partial charge in [-0.25, -0.2) is 0 Å². The van der Waals surface area contributed by atoms with E-state index in [9.17, 15) is 0 Å². The molecule has 0 aromatic heterocycles. The molecule has 0 aromatic rings. The first-order valence-electron chi connectivity index (χ1n) is 10.9. The summed E-state index contributed by atoms with van der Waals surface area (Å²) in [6, 6.07) is 0. The molecule has 2 rings (SSSR count). The second-order valence-electron chi connectivity index (χ2n) is 8.24. The van der Waals surface area contributed by atoms with Crippen molar-refractivity contribution in [2.75, 3.05) is 59.1 Å². The van der Waals surface area contributed by atoms with Crippen molar-refractivity contribution in [3.05, 3.63) is 0 Å². The molecule has 2 atom stereocenters. The van der Waals surface area contributed by atoms with Gasteiger partial charge in [-0.3, -0.25) is 4.90 Å². The molecule has 5 nitrogen and oxygen atoms in total. The Labute approximate surface area is 161 Å². The van der Waals surface area contributed by atoms with Crippen molar-refractivity contribution in [1.29, 1.82) is 0 Å². The number of piperidine rings is 1. The lowest BCUT2D eigenvalue weighted by Gasteiger charge is -2.34. The van der Waals surface area contributed by atoms with E-state index in [1.807, 2.05) is 0 Å². The molecular formula is C21H42N2O3. The molecule has 0 saturated carbocycles. The van der Waals surface area contributed by atoms with Crippen LogP contribution >= 0.6 is 0 Å². The van der Waals surface area contributed by atoms with Crippen LogP contribution in [0, 0.1) is 0 Å². The van der Waals surface area contributed by atoms with Crippen LogP contribution in [0.2, 0.25) is 0 Å². The van der Waals surface area contributed by atoms with Crippen LogP contribution in [0.5, 0.6) is 0 Å². The lowest BCUT2D eigenvalue weighted by Crippen LogP contribution is -2.44. The lowest BCUT2D eigenvalue weighted by atomic mass is 10.1. The zero-order valence-corrected chi connectivity index (χ0v) is 17.5. The van der Waals surface area contributed by atoms with Crippen molar-refractivity contribution < 1.29 is 14.2 Å². The van der Waals surface area contributed by atoms with Crippen LogP contribution in [0.25, 0.3) is 0 Å². The van der Waals surface area contributed by atoms with Gasteiger partial charge in [0.05, 0.1) is 24.9 Å². The number of rotatable bonds is 12. The fourth-order valence-corrected chi connectivity index (χ4v) is 3.93. The van der Waals surface area contributed by atoms with Gasteiger partial charge in [0.1, 0.15) is 0 Å². The molecule has 154 valence electrons. The fourth-order valence-electron chi connectivity index (χ4n) is 3.93. The van der Waals surface area contributed by atoms with E-state index in [1.165, 1.54) is 38.9 Å². The Morgan fingerprint density at radius 3 is 2.31 bits per heavy atom. The summed E-state index contributed by atoms with van der Waals surface area (Å²) >= 11 is 0.